The third kappa shape index (κ3) is 7.95. The van der Waals surface area contributed by atoms with E-state index in [9.17, 15) is 14.4 Å². The molecule has 1 aliphatic rings. The van der Waals surface area contributed by atoms with Crippen molar-refractivity contribution in [3.05, 3.63) is 124 Å². The van der Waals surface area contributed by atoms with E-state index in [2.05, 4.69) is 40.8 Å². The van der Waals surface area contributed by atoms with Gasteiger partial charge in [-0.1, -0.05) is 59.9 Å². The Kier molecular flexibility index (Phi) is 11.8. The van der Waals surface area contributed by atoms with Gasteiger partial charge in [0.1, 0.15) is 6.61 Å². The minimum atomic E-state index is -0.888. The molecule has 274 valence electrons. The van der Waals surface area contributed by atoms with Gasteiger partial charge in [0.25, 0.3) is 5.56 Å². The van der Waals surface area contributed by atoms with Crippen molar-refractivity contribution < 1.29 is 38.0 Å². The Bertz CT molecular complexity index is 2410. The molecule has 0 aliphatic carbocycles. The molecule has 53 heavy (non-hydrogen) atoms. The van der Waals surface area contributed by atoms with Gasteiger partial charge in [0.15, 0.2) is 34.4 Å². The van der Waals surface area contributed by atoms with Crippen molar-refractivity contribution in [1.82, 2.24) is 4.57 Å². The van der Waals surface area contributed by atoms with E-state index in [-0.39, 0.29) is 24.3 Å². The molecule has 11 nitrogen and oxygen atoms in total. The number of hydrogen-bond donors (Lipinski definition) is 0. The van der Waals surface area contributed by atoms with Crippen molar-refractivity contribution in [2.24, 2.45) is 4.99 Å². The number of thiazole rings is 1. The molecule has 6 rings (SSSR count). The lowest BCUT2D eigenvalue weighted by Gasteiger charge is -2.25. The lowest BCUT2D eigenvalue weighted by molar-refractivity contribution is -0.143. The van der Waals surface area contributed by atoms with Gasteiger partial charge in [0.05, 0.1) is 52.8 Å². The fourth-order valence-corrected chi connectivity index (χ4v) is 7.90. The molecule has 0 spiro atoms. The largest absolute Gasteiger partial charge is 0.493 e. The highest BCUT2D eigenvalue weighted by Crippen LogP contribution is 2.37. The van der Waals surface area contributed by atoms with Gasteiger partial charge in [-0.2, -0.15) is 0 Å². The average Bonchev–Trinajstić information content (AvgIpc) is 3.46. The third-order valence-corrected chi connectivity index (χ3v) is 10.3. The van der Waals surface area contributed by atoms with Crippen LogP contribution >= 0.6 is 33.9 Å². The van der Waals surface area contributed by atoms with Gasteiger partial charge in [0.2, 0.25) is 0 Å². The second kappa shape index (κ2) is 16.7. The molecule has 0 saturated heterocycles. The summed E-state index contributed by atoms with van der Waals surface area (Å²) in [5.74, 6) is 0.613. The van der Waals surface area contributed by atoms with Gasteiger partial charge in [0, 0.05) is 0 Å². The lowest BCUT2D eigenvalue weighted by Crippen LogP contribution is -2.40. The van der Waals surface area contributed by atoms with E-state index in [0.29, 0.717) is 56.8 Å². The molecular weight excluding hydrogens is 811 g/mol. The van der Waals surface area contributed by atoms with Crippen LogP contribution < -0.4 is 33.8 Å². The van der Waals surface area contributed by atoms with Crippen LogP contribution in [0.25, 0.3) is 16.8 Å². The summed E-state index contributed by atoms with van der Waals surface area (Å²) in [4.78, 5) is 44.7. The summed E-state index contributed by atoms with van der Waals surface area (Å²) >= 11 is 3.42. The van der Waals surface area contributed by atoms with Crippen molar-refractivity contribution in [3.63, 3.8) is 0 Å². The summed E-state index contributed by atoms with van der Waals surface area (Å²) in [7, 11) is 2.85. The molecular formula is C40H37IN2O9S. The Morgan fingerprint density at radius 3 is 2.47 bits per heavy atom. The first kappa shape index (κ1) is 37.6. The molecule has 0 saturated carbocycles. The smallest absolute Gasteiger partial charge is 0.343 e. The first-order valence-electron chi connectivity index (χ1n) is 16.8. The monoisotopic (exact) mass is 848 g/mol. The Labute approximate surface area is 323 Å². The number of ether oxygens (including phenoxy) is 6. The molecule has 0 amide bonds. The highest BCUT2D eigenvalue weighted by molar-refractivity contribution is 14.1. The molecule has 1 aliphatic heterocycles. The Balaban J connectivity index is 1.40. The van der Waals surface area contributed by atoms with Gasteiger partial charge in [-0.25, -0.2) is 14.6 Å². The summed E-state index contributed by atoms with van der Waals surface area (Å²) in [6.45, 7) is 5.71. The minimum Gasteiger partial charge on any atom is -0.493 e. The molecule has 2 heterocycles. The third-order valence-electron chi connectivity index (χ3n) is 8.48. The zero-order chi connectivity index (χ0) is 37.6. The van der Waals surface area contributed by atoms with Gasteiger partial charge in [-0.05, 0) is 101 Å². The number of allylic oxidation sites excluding steroid dienone is 1. The molecule has 5 aromatic rings. The van der Waals surface area contributed by atoms with Gasteiger partial charge >= 0.3 is 11.9 Å². The van der Waals surface area contributed by atoms with Gasteiger partial charge < -0.3 is 28.4 Å². The Morgan fingerprint density at radius 1 is 0.925 bits per heavy atom. The van der Waals surface area contributed by atoms with Crippen LogP contribution in [0.5, 0.6) is 23.0 Å². The molecule has 0 bridgehead atoms. The molecule has 0 unspecified atom stereocenters. The SMILES string of the molecule is CCOC(=O)C1=C(C)N=c2s/c(=C\c3cc(I)c(OCc4cccc5ccccc45)c(OC)c3)c(=O)n2[C@H]1c1ccc(OCC(=O)OC)c(OCC)c1. The van der Waals surface area contributed by atoms with Crippen LogP contribution in [0.1, 0.15) is 43.5 Å². The number of esters is 2. The van der Waals surface area contributed by atoms with E-state index in [1.165, 1.54) is 23.0 Å². The first-order chi connectivity index (χ1) is 25.7. The number of nitrogens with zero attached hydrogens (tertiary/aromatic N) is 2. The highest BCUT2D eigenvalue weighted by atomic mass is 127. The lowest BCUT2D eigenvalue weighted by atomic mass is 9.95. The number of rotatable bonds is 13. The van der Waals surface area contributed by atoms with Crippen molar-refractivity contribution in [1.29, 1.82) is 0 Å². The van der Waals surface area contributed by atoms with Crippen LogP contribution in [0.3, 0.4) is 0 Å². The van der Waals surface area contributed by atoms with E-state index in [1.54, 1.807) is 45.2 Å². The van der Waals surface area contributed by atoms with Crippen LogP contribution in [0.2, 0.25) is 0 Å². The quantitative estimate of drug-likeness (QED) is 0.102. The molecule has 0 fully saturated rings. The summed E-state index contributed by atoms with van der Waals surface area (Å²) < 4.78 is 36.5. The van der Waals surface area contributed by atoms with E-state index in [0.717, 1.165) is 25.5 Å². The van der Waals surface area contributed by atoms with Crippen LogP contribution in [0.15, 0.2) is 93.9 Å². The van der Waals surface area contributed by atoms with Crippen molar-refractivity contribution in [2.75, 3.05) is 34.0 Å². The standard InChI is InChI=1S/C40H37IN2O9S/c1-6-49-31-20-26(15-16-30(31)51-22-34(44)48-5)36-35(39(46)50-7-2)23(3)42-40-43(36)38(45)33(53-40)19-24-17-29(41)37(32(18-24)47-4)52-21-27-13-10-12-25-11-8-9-14-28(25)27/h8-20,36H,6-7,21-22H2,1-5H3/b33-19-/t36-/m0/s1. The fraction of sp³-hybridized carbons (Fsp3) is 0.250. The van der Waals surface area contributed by atoms with Crippen LogP contribution in [-0.4, -0.2) is 50.5 Å². The molecule has 13 heteroatoms. The number of halogens is 1. The van der Waals surface area contributed by atoms with Crippen molar-refractivity contribution in [3.8, 4) is 23.0 Å². The summed E-state index contributed by atoms with van der Waals surface area (Å²) in [5.41, 5.74) is 2.64. The average molecular weight is 849 g/mol. The molecule has 1 atom stereocenters. The molecule has 4 aromatic carbocycles. The van der Waals surface area contributed by atoms with E-state index < -0.39 is 18.0 Å². The van der Waals surface area contributed by atoms with E-state index in [4.69, 9.17) is 33.4 Å². The summed E-state index contributed by atoms with van der Waals surface area (Å²) in [6.07, 6.45) is 1.78. The zero-order valence-corrected chi connectivity index (χ0v) is 32.7. The molecule has 0 N–H and O–H groups in total. The predicted octanol–water partition coefficient (Wildman–Crippen LogP) is 6.09. The van der Waals surface area contributed by atoms with Crippen LogP contribution in [-0.2, 0) is 25.7 Å². The number of carbonyl (C=O) groups is 2. The topological polar surface area (TPSA) is 124 Å². The first-order valence-corrected chi connectivity index (χ1v) is 18.7. The maximum absolute atomic E-state index is 14.3. The number of methoxy groups -OCH3 is 2. The Morgan fingerprint density at radius 2 is 1.72 bits per heavy atom. The molecule has 1 aromatic heterocycles. The number of fused-ring (bicyclic) bond motifs is 2. The second-order valence-corrected chi connectivity index (χ2v) is 13.9. The van der Waals surface area contributed by atoms with E-state index in [1.807, 2.05) is 43.3 Å². The summed E-state index contributed by atoms with van der Waals surface area (Å²) in [6, 6.07) is 22.2. The minimum absolute atomic E-state index is 0.138. The number of carbonyl (C=O) groups excluding carboxylic acids is 2. The van der Waals surface area contributed by atoms with Crippen LogP contribution in [0, 0.1) is 3.57 Å². The van der Waals surface area contributed by atoms with Crippen molar-refractivity contribution in [2.45, 2.75) is 33.4 Å². The number of hydrogen-bond acceptors (Lipinski definition) is 11. The maximum Gasteiger partial charge on any atom is 0.343 e. The fourth-order valence-electron chi connectivity index (χ4n) is 6.07. The highest BCUT2D eigenvalue weighted by Gasteiger charge is 2.34. The number of benzene rings is 4. The van der Waals surface area contributed by atoms with Gasteiger partial charge in [-0.3, -0.25) is 9.36 Å². The maximum atomic E-state index is 14.3. The number of aromatic nitrogens is 1. The van der Waals surface area contributed by atoms with Crippen LogP contribution in [0.4, 0.5) is 0 Å². The van der Waals surface area contributed by atoms with E-state index >= 15 is 0 Å². The summed E-state index contributed by atoms with van der Waals surface area (Å²) in [5, 5.41) is 2.25. The van der Waals surface area contributed by atoms with Crippen molar-refractivity contribution >= 4 is 62.7 Å². The second-order valence-electron chi connectivity index (χ2n) is 11.8. The Hall–Kier alpha value is -5.15. The normalized spacial score (nSPS) is 14.0. The molecule has 0 radical (unpaired) electrons. The predicted molar refractivity (Wildman–Crippen MR) is 210 cm³/mol. The van der Waals surface area contributed by atoms with Gasteiger partial charge in [-0.15, -0.1) is 0 Å². The zero-order valence-electron chi connectivity index (χ0n) is 29.8.